The van der Waals surface area contributed by atoms with Gasteiger partial charge in [0.2, 0.25) is 5.91 Å². The fourth-order valence-corrected chi connectivity index (χ4v) is 4.45. The average molecular weight is 412 g/mol. The molecule has 1 aliphatic rings. The molecule has 150 valence electrons. The number of nitrogens with one attached hydrogen (secondary N) is 1. The van der Waals surface area contributed by atoms with Crippen molar-refractivity contribution < 1.29 is 22.7 Å². The van der Waals surface area contributed by atoms with E-state index in [1.54, 1.807) is 24.4 Å². The Balaban J connectivity index is 1.46. The summed E-state index contributed by atoms with van der Waals surface area (Å²) in [5.41, 5.74) is 2.41. The van der Waals surface area contributed by atoms with Gasteiger partial charge in [0.15, 0.2) is 21.3 Å². The van der Waals surface area contributed by atoms with Crippen LogP contribution in [-0.4, -0.2) is 38.3 Å². The molecule has 3 aromatic rings. The fourth-order valence-electron chi connectivity index (χ4n) is 3.20. The topological polar surface area (TPSA) is 94.6 Å². The van der Waals surface area contributed by atoms with Crippen LogP contribution in [0.1, 0.15) is 12.0 Å². The molecule has 0 aliphatic carbocycles. The molecule has 4 rings (SSSR count). The van der Waals surface area contributed by atoms with Crippen LogP contribution in [-0.2, 0) is 14.6 Å². The highest BCUT2D eigenvalue weighted by Gasteiger charge is 2.21. The Morgan fingerprint density at radius 3 is 2.72 bits per heavy atom. The van der Waals surface area contributed by atoms with E-state index in [0.29, 0.717) is 30.4 Å². The van der Waals surface area contributed by atoms with Gasteiger partial charge in [0.25, 0.3) is 0 Å². The van der Waals surface area contributed by atoms with Crippen LogP contribution in [0.25, 0.3) is 10.9 Å². The van der Waals surface area contributed by atoms with E-state index >= 15 is 0 Å². The summed E-state index contributed by atoms with van der Waals surface area (Å²) in [5.74, 6) is 0.244. The highest BCUT2D eigenvalue weighted by Crippen LogP contribution is 2.32. The Morgan fingerprint density at radius 1 is 1.10 bits per heavy atom. The number of ether oxygens (including phenoxy) is 2. The van der Waals surface area contributed by atoms with E-state index in [4.69, 9.17) is 9.47 Å². The number of aryl methyl sites for hydroxylation is 1. The predicted octanol–water partition coefficient (Wildman–Crippen LogP) is 3.12. The molecule has 0 atom stereocenters. The van der Waals surface area contributed by atoms with E-state index in [0.717, 1.165) is 16.5 Å². The lowest BCUT2D eigenvalue weighted by atomic mass is 10.1. The van der Waals surface area contributed by atoms with Crippen molar-refractivity contribution in [3.05, 3.63) is 54.2 Å². The number of anilines is 1. The number of hydrogen-bond acceptors (Lipinski definition) is 6. The van der Waals surface area contributed by atoms with Crippen LogP contribution in [0.5, 0.6) is 11.5 Å². The van der Waals surface area contributed by atoms with Gasteiger partial charge in [-0.05, 0) is 42.8 Å². The van der Waals surface area contributed by atoms with Gasteiger partial charge in [-0.1, -0.05) is 6.07 Å². The maximum atomic E-state index is 12.6. The van der Waals surface area contributed by atoms with Crippen LogP contribution < -0.4 is 14.8 Å². The van der Waals surface area contributed by atoms with Crippen LogP contribution in [0.15, 0.2) is 53.6 Å². The average Bonchev–Trinajstić information content (AvgIpc) is 2.74. The molecular formula is C21H20N2O5S. The van der Waals surface area contributed by atoms with Crippen molar-refractivity contribution in [3.8, 4) is 11.5 Å². The Kier molecular flexibility index (Phi) is 5.10. The number of pyridine rings is 1. The minimum Gasteiger partial charge on any atom is -0.486 e. The van der Waals surface area contributed by atoms with Gasteiger partial charge in [-0.2, -0.15) is 0 Å². The number of rotatable bonds is 5. The summed E-state index contributed by atoms with van der Waals surface area (Å²) in [6.07, 6.45) is 1.53. The van der Waals surface area contributed by atoms with Gasteiger partial charge in [0.1, 0.15) is 13.2 Å². The van der Waals surface area contributed by atoms with Gasteiger partial charge in [-0.15, -0.1) is 0 Å². The lowest BCUT2D eigenvalue weighted by molar-refractivity contribution is -0.115. The van der Waals surface area contributed by atoms with E-state index in [1.807, 2.05) is 19.1 Å². The molecule has 1 aliphatic heterocycles. The molecule has 0 unspecified atom stereocenters. The monoisotopic (exact) mass is 412 g/mol. The number of hydrogen-bond donors (Lipinski definition) is 1. The number of carbonyl (C=O) groups excluding carboxylic acids is 1. The molecule has 0 saturated carbocycles. The Labute approximate surface area is 168 Å². The number of aromatic nitrogens is 1. The summed E-state index contributed by atoms with van der Waals surface area (Å²) in [7, 11) is -3.64. The van der Waals surface area contributed by atoms with Crippen LogP contribution >= 0.6 is 0 Å². The highest BCUT2D eigenvalue weighted by atomic mass is 32.2. The zero-order chi connectivity index (χ0) is 20.4. The van der Waals surface area contributed by atoms with Gasteiger partial charge < -0.3 is 14.8 Å². The Morgan fingerprint density at radius 2 is 1.90 bits per heavy atom. The van der Waals surface area contributed by atoms with Crippen LogP contribution in [0.2, 0.25) is 0 Å². The second kappa shape index (κ2) is 7.71. The van der Waals surface area contributed by atoms with Crippen molar-refractivity contribution in [2.24, 2.45) is 0 Å². The summed E-state index contributed by atoms with van der Waals surface area (Å²) < 4.78 is 36.1. The molecule has 29 heavy (non-hydrogen) atoms. The number of amides is 1. The zero-order valence-corrected chi connectivity index (χ0v) is 16.7. The fraction of sp³-hybridized carbons (Fsp3) is 0.238. The van der Waals surface area contributed by atoms with Gasteiger partial charge in [0.05, 0.1) is 21.9 Å². The Bertz CT molecular complexity index is 1190. The van der Waals surface area contributed by atoms with Gasteiger partial charge in [0, 0.05) is 24.1 Å². The molecule has 0 bridgehead atoms. The summed E-state index contributed by atoms with van der Waals surface area (Å²) in [6.45, 7) is 2.75. The van der Waals surface area contributed by atoms with Crippen molar-refractivity contribution >= 4 is 32.3 Å². The number of fused-ring (bicyclic) bond motifs is 2. The standard InChI is InChI=1S/C21H20N2O5S/c1-14-4-6-17(16-3-2-9-22-21(14)16)23-20(24)8-12-29(25,26)15-5-7-18-19(13-15)28-11-10-27-18/h2-7,9,13H,8,10-12H2,1H3,(H,23,24). The van der Waals surface area contributed by atoms with Crippen LogP contribution in [0.3, 0.4) is 0 Å². The number of sulfone groups is 1. The molecule has 1 N–H and O–H groups in total. The first-order valence-electron chi connectivity index (χ1n) is 9.21. The molecule has 0 fully saturated rings. The summed E-state index contributed by atoms with van der Waals surface area (Å²) >= 11 is 0. The SMILES string of the molecule is Cc1ccc(NC(=O)CCS(=O)(=O)c2ccc3c(c2)OCCO3)c2cccnc12. The molecule has 2 heterocycles. The second-order valence-electron chi connectivity index (χ2n) is 6.75. The molecule has 0 radical (unpaired) electrons. The largest absolute Gasteiger partial charge is 0.486 e. The maximum absolute atomic E-state index is 12.6. The number of nitrogens with zero attached hydrogens (tertiary/aromatic N) is 1. The van der Waals surface area contributed by atoms with Crippen molar-refractivity contribution in [1.82, 2.24) is 4.98 Å². The first-order chi connectivity index (χ1) is 13.9. The third-order valence-electron chi connectivity index (χ3n) is 4.72. The smallest absolute Gasteiger partial charge is 0.225 e. The van der Waals surface area contributed by atoms with Crippen LogP contribution in [0, 0.1) is 6.92 Å². The highest BCUT2D eigenvalue weighted by molar-refractivity contribution is 7.91. The Hall–Kier alpha value is -3.13. The molecule has 1 amide bonds. The second-order valence-corrected chi connectivity index (χ2v) is 8.86. The van der Waals surface area contributed by atoms with E-state index in [9.17, 15) is 13.2 Å². The zero-order valence-electron chi connectivity index (χ0n) is 15.8. The van der Waals surface area contributed by atoms with E-state index in [2.05, 4.69) is 10.3 Å². The lowest BCUT2D eigenvalue weighted by Gasteiger charge is -2.18. The minimum atomic E-state index is -3.64. The van der Waals surface area contributed by atoms with Gasteiger partial charge in [-0.3, -0.25) is 9.78 Å². The third kappa shape index (κ3) is 4.02. The molecule has 0 saturated heterocycles. The summed E-state index contributed by atoms with van der Waals surface area (Å²) in [4.78, 5) is 16.9. The van der Waals surface area contributed by atoms with Crippen LogP contribution in [0.4, 0.5) is 5.69 Å². The maximum Gasteiger partial charge on any atom is 0.225 e. The quantitative estimate of drug-likeness (QED) is 0.692. The predicted molar refractivity (Wildman–Crippen MR) is 109 cm³/mol. The van der Waals surface area contributed by atoms with E-state index in [-0.39, 0.29) is 23.0 Å². The van der Waals surface area contributed by atoms with Crippen molar-refractivity contribution in [2.45, 2.75) is 18.2 Å². The molecule has 8 heteroatoms. The molecule has 1 aromatic heterocycles. The van der Waals surface area contributed by atoms with Crippen molar-refractivity contribution in [1.29, 1.82) is 0 Å². The van der Waals surface area contributed by atoms with Crippen molar-refractivity contribution in [3.63, 3.8) is 0 Å². The van der Waals surface area contributed by atoms with E-state index < -0.39 is 9.84 Å². The summed E-state index contributed by atoms with van der Waals surface area (Å²) in [6, 6.07) is 11.8. The molecule has 7 nitrogen and oxygen atoms in total. The van der Waals surface area contributed by atoms with Crippen molar-refractivity contribution in [2.75, 3.05) is 24.3 Å². The molecular weight excluding hydrogens is 392 g/mol. The first kappa shape index (κ1) is 19.2. The lowest BCUT2D eigenvalue weighted by Crippen LogP contribution is -2.18. The molecule has 0 spiro atoms. The number of benzene rings is 2. The molecule has 2 aromatic carbocycles. The first-order valence-corrected chi connectivity index (χ1v) is 10.9. The van der Waals surface area contributed by atoms with E-state index in [1.165, 1.54) is 12.1 Å². The summed E-state index contributed by atoms with van der Waals surface area (Å²) in [5, 5.41) is 3.61. The normalized spacial score (nSPS) is 13.3. The van der Waals surface area contributed by atoms with Gasteiger partial charge >= 0.3 is 0 Å². The minimum absolute atomic E-state index is 0.111. The third-order valence-corrected chi connectivity index (χ3v) is 6.43. The van der Waals surface area contributed by atoms with Gasteiger partial charge in [-0.25, -0.2) is 8.42 Å². The number of carbonyl (C=O) groups is 1.